The number of carbonyl (C=O) groups excluding carboxylic acids is 1. The van der Waals surface area contributed by atoms with E-state index in [9.17, 15) is 4.79 Å². The van der Waals surface area contributed by atoms with Gasteiger partial charge in [0, 0.05) is 0 Å². The molecule has 1 fully saturated rings. The van der Waals surface area contributed by atoms with Crippen molar-refractivity contribution >= 4 is 5.78 Å². The Morgan fingerprint density at radius 1 is 0.545 bits per heavy atom. The first-order valence-corrected chi connectivity index (χ1v) is 15.0. The van der Waals surface area contributed by atoms with Gasteiger partial charge in [-0.1, -0.05) is 121 Å². The van der Waals surface area contributed by atoms with Gasteiger partial charge in [-0.2, -0.15) is 0 Å². The fourth-order valence-corrected chi connectivity index (χ4v) is 5.08. The molecule has 5 rings (SSSR count). The molecule has 1 saturated heterocycles. The van der Waals surface area contributed by atoms with Crippen molar-refractivity contribution in [2.75, 3.05) is 13.2 Å². The Labute approximate surface area is 259 Å². The number of ether oxygens (including phenoxy) is 6. The van der Waals surface area contributed by atoms with Gasteiger partial charge in [0.1, 0.15) is 31.0 Å². The van der Waals surface area contributed by atoms with Crippen molar-refractivity contribution in [1.29, 1.82) is 0 Å². The van der Waals surface area contributed by atoms with Gasteiger partial charge in [-0.3, -0.25) is 4.79 Å². The SMILES string of the molecule is CC(=O)CO[C@H]1O[C@H](COCc2ccccc2)[C@@H](OCc2ccccc2)[C@H](OCc2ccccc2)[C@H]1OCc1ccccc1. The minimum absolute atomic E-state index is 0.114. The zero-order valence-corrected chi connectivity index (χ0v) is 25.0. The van der Waals surface area contributed by atoms with Gasteiger partial charge in [0.05, 0.1) is 33.0 Å². The Morgan fingerprint density at radius 2 is 0.955 bits per heavy atom. The Morgan fingerprint density at radius 3 is 1.41 bits per heavy atom. The molecule has 0 radical (unpaired) electrons. The van der Waals surface area contributed by atoms with Crippen molar-refractivity contribution in [1.82, 2.24) is 0 Å². The second-order valence-electron chi connectivity index (χ2n) is 10.8. The number of rotatable bonds is 16. The lowest BCUT2D eigenvalue weighted by Crippen LogP contribution is -2.62. The first-order valence-electron chi connectivity index (χ1n) is 15.0. The van der Waals surface area contributed by atoms with E-state index in [1.54, 1.807) is 0 Å². The van der Waals surface area contributed by atoms with Crippen LogP contribution in [0.4, 0.5) is 0 Å². The zero-order chi connectivity index (χ0) is 30.4. The van der Waals surface area contributed by atoms with Crippen LogP contribution in [-0.4, -0.2) is 49.7 Å². The highest BCUT2D eigenvalue weighted by Crippen LogP contribution is 2.31. The first kappa shape index (κ1) is 31.7. The second-order valence-corrected chi connectivity index (χ2v) is 10.8. The van der Waals surface area contributed by atoms with Crippen LogP contribution in [0.1, 0.15) is 29.2 Å². The monoisotopic (exact) mass is 596 g/mol. The van der Waals surface area contributed by atoms with Crippen molar-refractivity contribution in [2.24, 2.45) is 0 Å². The molecule has 7 heteroatoms. The van der Waals surface area contributed by atoms with E-state index in [1.165, 1.54) is 6.92 Å². The molecule has 1 aliphatic rings. The van der Waals surface area contributed by atoms with Crippen LogP contribution < -0.4 is 0 Å². The first-order chi connectivity index (χ1) is 21.7. The molecule has 4 aromatic rings. The molecule has 5 atom stereocenters. The Balaban J connectivity index is 1.42. The summed E-state index contributed by atoms with van der Waals surface area (Å²) in [5, 5.41) is 0. The molecule has 0 amide bonds. The Kier molecular flexibility index (Phi) is 12.2. The van der Waals surface area contributed by atoms with Crippen LogP contribution in [0.2, 0.25) is 0 Å². The van der Waals surface area contributed by atoms with Crippen LogP contribution >= 0.6 is 0 Å². The lowest BCUT2D eigenvalue weighted by atomic mass is 9.97. The van der Waals surface area contributed by atoms with E-state index in [4.69, 9.17) is 28.4 Å². The number of hydrogen-bond acceptors (Lipinski definition) is 7. The highest BCUT2D eigenvalue weighted by molar-refractivity contribution is 5.76. The largest absolute Gasteiger partial charge is 0.374 e. The van der Waals surface area contributed by atoms with Gasteiger partial charge in [0.15, 0.2) is 12.1 Å². The summed E-state index contributed by atoms with van der Waals surface area (Å²) in [5.74, 6) is -0.114. The fraction of sp³-hybridized carbons (Fsp3) is 0.324. The smallest absolute Gasteiger partial charge is 0.187 e. The highest BCUT2D eigenvalue weighted by Gasteiger charge is 2.49. The van der Waals surface area contributed by atoms with E-state index < -0.39 is 30.7 Å². The van der Waals surface area contributed by atoms with Crippen molar-refractivity contribution in [3.05, 3.63) is 144 Å². The van der Waals surface area contributed by atoms with Crippen LogP contribution in [-0.2, 0) is 59.6 Å². The van der Waals surface area contributed by atoms with Crippen molar-refractivity contribution in [3.63, 3.8) is 0 Å². The van der Waals surface area contributed by atoms with Crippen LogP contribution in [0, 0.1) is 0 Å². The quantitative estimate of drug-likeness (QED) is 0.151. The minimum atomic E-state index is -0.884. The third-order valence-electron chi connectivity index (χ3n) is 7.29. The van der Waals surface area contributed by atoms with E-state index in [1.807, 2.05) is 121 Å². The summed E-state index contributed by atoms with van der Waals surface area (Å²) in [6.45, 7) is 2.99. The van der Waals surface area contributed by atoms with Gasteiger partial charge < -0.3 is 28.4 Å². The molecular formula is C37H40O7. The fourth-order valence-electron chi connectivity index (χ4n) is 5.08. The molecule has 1 aliphatic heterocycles. The number of Topliss-reactive ketones (excluding diaryl/α,β-unsaturated/α-hetero) is 1. The average Bonchev–Trinajstić information content (AvgIpc) is 3.07. The van der Waals surface area contributed by atoms with E-state index in [-0.39, 0.29) is 19.0 Å². The van der Waals surface area contributed by atoms with E-state index in [2.05, 4.69) is 0 Å². The molecule has 0 saturated carbocycles. The van der Waals surface area contributed by atoms with Crippen LogP contribution in [0.3, 0.4) is 0 Å². The summed E-state index contributed by atoms with van der Waals surface area (Å²) >= 11 is 0. The number of benzene rings is 4. The predicted octanol–water partition coefficient (Wildman–Crippen LogP) is 6.29. The Bertz CT molecular complexity index is 1370. The van der Waals surface area contributed by atoms with Crippen molar-refractivity contribution < 1.29 is 33.2 Å². The topological polar surface area (TPSA) is 72.5 Å². The van der Waals surface area contributed by atoms with Crippen LogP contribution in [0.15, 0.2) is 121 Å². The molecule has 0 unspecified atom stereocenters. The second kappa shape index (κ2) is 17.0. The summed E-state index contributed by atoms with van der Waals surface area (Å²) in [4.78, 5) is 12.0. The third-order valence-corrected chi connectivity index (χ3v) is 7.29. The Hall–Kier alpha value is -3.69. The summed E-state index contributed by atoms with van der Waals surface area (Å²) in [5.41, 5.74) is 4.08. The third kappa shape index (κ3) is 9.66. The van der Waals surface area contributed by atoms with Gasteiger partial charge >= 0.3 is 0 Å². The summed E-state index contributed by atoms with van der Waals surface area (Å²) in [7, 11) is 0. The summed E-state index contributed by atoms with van der Waals surface area (Å²) in [6, 6.07) is 39.8. The molecule has 1 heterocycles. The number of hydrogen-bond donors (Lipinski definition) is 0. The number of ketones is 1. The standard InChI is InChI=1S/C37H40O7/c1-28(38)22-43-37-36(42-26-32-20-12-5-13-21-32)35(41-25-31-18-10-4-11-19-31)34(40-24-30-16-8-3-9-17-30)33(44-37)27-39-23-29-14-6-2-7-15-29/h2-21,33-37H,22-27H2,1H3/t33-,34-,35+,36-,37+/m1/s1. The van der Waals surface area contributed by atoms with Gasteiger partial charge in [0.2, 0.25) is 0 Å². The summed E-state index contributed by atoms with van der Waals surface area (Å²) in [6.07, 6.45) is -3.29. The van der Waals surface area contributed by atoms with Gasteiger partial charge in [-0.15, -0.1) is 0 Å². The highest BCUT2D eigenvalue weighted by atomic mass is 16.7. The molecule has 230 valence electrons. The molecule has 0 bridgehead atoms. The maximum Gasteiger partial charge on any atom is 0.187 e. The lowest BCUT2D eigenvalue weighted by Gasteiger charge is -2.45. The minimum Gasteiger partial charge on any atom is -0.374 e. The summed E-state index contributed by atoms with van der Waals surface area (Å²) < 4.78 is 38.5. The maximum absolute atomic E-state index is 12.0. The maximum atomic E-state index is 12.0. The van der Waals surface area contributed by atoms with Crippen LogP contribution in [0.5, 0.6) is 0 Å². The normalized spacial score (nSPS) is 21.6. The number of carbonyl (C=O) groups is 1. The van der Waals surface area contributed by atoms with Crippen molar-refractivity contribution in [3.8, 4) is 0 Å². The molecule has 0 spiro atoms. The average molecular weight is 597 g/mol. The molecule has 0 aliphatic carbocycles. The molecule has 44 heavy (non-hydrogen) atoms. The molecule has 4 aromatic carbocycles. The van der Waals surface area contributed by atoms with Crippen molar-refractivity contribution in [2.45, 2.75) is 64.1 Å². The van der Waals surface area contributed by atoms with Gasteiger partial charge in [-0.05, 0) is 29.2 Å². The molecular weight excluding hydrogens is 556 g/mol. The van der Waals surface area contributed by atoms with Gasteiger partial charge in [0.25, 0.3) is 0 Å². The van der Waals surface area contributed by atoms with E-state index in [0.717, 1.165) is 22.3 Å². The van der Waals surface area contributed by atoms with Gasteiger partial charge in [-0.25, -0.2) is 0 Å². The molecule has 7 nitrogen and oxygen atoms in total. The van der Waals surface area contributed by atoms with E-state index >= 15 is 0 Å². The predicted molar refractivity (Wildman–Crippen MR) is 166 cm³/mol. The molecule has 0 N–H and O–H groups in total. The zero-order valence-electron chi connectivity index (χ0n) is 25.0. The molecule has 0 aromatic heterocycles. The van der Waals surface area contributed by atoms with Crippen LogP contribution in [0.25, 0.3) is 0 Å². The lowest BCUT2D eigenvalue weighted by molar-refractivity contribution is -0.326. The van der Waals surface area contributed by atoms with E-state index in [0.29, 0.717) is 26.4 Å².